The second-order valence-electron chi connectivity index (χ2n) is 4.40. The van der Waals surface area contributed by atoms with Gasteiger partial charge in [0, 0.05) is 41.6 Å². The highest BCUT2D eigenvalue weighted by molar-refractivity contribution is 7.19. The van der Waals surface area contributed by atoms with Crippen LogP contribution in [0.5, 0.6) is 0 Å². The van der Waals surface area contributed by atoms with Crippen LogP contribution >= 0.6 is 11.3 Å². The number of thiophene rings is 1. The summed E-state index contributed by atoms with van der Waals surface area (Å²) in [7, 11) is 1.64. The van der Waals surface area contributed by atoms with Gasteiger partial charge in [0.15, 0.2) is 0 Å². The Morgan fingerprint density at radius 2 is 1.57 bits per heavy atom. The summed E-state index contributed by atoms with van der Waals surface area (Å²) < 4.78 is 0. The lowest BCUT2D eigenvalue weighted by Crippen LogP contribution is -2.17. The molecular formula is C16H13N3OS. The Hall–Kier alpha value is -2.53. The average Bonchev–Trinajstić information content (AvgIpc) is 3.01. The number of pyridine rings is 2. The van der Waals surface area contributed by atoms with Crippen molar-refractivity contribution >= 4 is 17.2 Å². The average molecular weight is 295 g/mol. The number of nitrogens with zero attached hydrogens (tertiary/aromatic N) is 2. The van der Waals surface area contributed by atoms with Crippen LogP contribution in [0.15, 0.2) is 55.1 Å². The summed E-state index contributed by atoms with van der Waals surface area (Å²) in [5, 5.41) is 2.70. The van der Waals surface area contributed by atoms with Crippen molar-refractivity contribution in [1.82, 2.24) is 15.3 Å². The highest BCUT2D eigenvalue weighted by atomic mass is 32.1. The third-order valence-electron chi connectivity index (χ3n) is 3.11. The number of rotatable bonds is 3. The van der Waals surface area contributed by atoms with Gasteiger partial charge in [-0.05, 0) is 41.5 Å². The highest BCUT2D eigenvalue weighted by Gasteiger charge is 2.17. The molecule has 0 spiro atoms. The lowest BCUT2D eigenvalue weighted by molar-refractivity contribution is 0.0964. The largest absolute Gasteiger partial charge is 0.355 e. The van der Waals surface area contributed by atoms with Crippen LogP contribution in [-0.4, -0.2) is 22.9 Å². The van der Waals surface area contributed by atoms with Crippen LogP contribution < -0.4 is 5.32 Å². The minimum absolute atomic E-state index is 0.0848. The minimum atomic E-state index is -0.0848. The fraction of sp³-hybridized carbons (Fsp3) is 0.0625. The van der Waals surface area contributed by atoms with Gasteiger partial charge in [-0.25, -0.2) is 0 Å². The van der Waals surface area contributed by atoms with Crippen molar-refractivity contribution < 1.29 is 4.79 Å². The number of hydrogen-bond donors (Lipinski definition) is 1. The van der Waals surface area contributed by atoms with E-state index in [1.807, 2.05) is 30.3 Å². The maximum atomic E-state index is 12.1. The smallest absolute Gasteiger partial charge is 0.252 e. The lowest BCUT2D eigenvalue weighted by atomic mass is 10.1. The van der Waals surface area contributed by atoms with Crippen molar-refractivity contribution in [3.05, 3.63) is 60.7 Å². The maximum Gasteiger partial charge on any atom is 0.252 e. The number of carbonyl (C=O) groups excluding carboxylic acids is 1. The molecule has 1 N–H and O–H groups in total. The summed E-state index contributed by atoms with van der Waals surface area (Å²) in [5.74, 6) is -0.0848. The predicted molar refractivity (Wildman–Crippen MR) is 84.2 cm³/mol. The molecule has 21 heavy (non-hydrogen) atoms. The molecule has 3 rings (SSSR count). The first-order chi connectivity index (χ1) is 10.3. The summed E-state index contributed by atoms with van der Waals surface area (Å²) in [6, 6.07) is 9.63. The second kappa shape index (κ2) is 5.85. The molecule has 3 heterocycles. The third kappa shape index (κ3) is 2.68. The molecule has 3 aromatic heterocycles. The van der Waals surface area contributed by atoms with Crippen molar-refractivity contribution in [2.75, 3.05) is 7.05 Å². The van der Waals surface area contributed by atoms with Gasteiger partial charge in [-0.15, -0.1) is 11.3 Å². The number of nitrogens with one attached hydrogen (secondary N) is 1. The number of amides is 1. The van der Waals surface area contributed by atoms with Crippen LogP contribution in [0, 0.1) is 0 Å². The molecule has 0 aliphatic rings. The molecular weight excluding hydrogens is 282 g/mol. The van der Waals surface area contributed by atoms with E-state index in [1.165, 1.54) is 0 Å². The van der Waals surface area contributed by atoms with Gasteiger partial charge in [0.2, 0.25) is 0 Å². The van der Waals surface area contributed by atoms with Crippen molar-refractivity contribution in [3.63, 3.8) is 0 Å². The van der Waals surface area contributed by atoms with E-state index in [2.05, 4.69) is 15.3 Å². The molecule has 0 aliphatic heterocycles. The van der Waals surface area contributed by atoms with Crippen LogP contribution in [-0.2, 0) is 0 Å². The molecule has 0 saturated heterocycles. The van der Waals surface area contributed by atoms with Crippen molar-refractivity contribution in [2.45, 2.75) is 0 Å². The van der Waals surface area contributed by atoms with Crippen LogP contribution in [0.2, 0.25) is 0 Å². The van der Waals surface area contributed by atoms with Gasteiger partial charge < -0.3 is 5.32 Å². The molecule has 0 aliphatic carbocycles. The monoisotopic (exact) mass is 295 g/mol. The van der Waals surface area contributed by atoms with E-state index in [0.717, 1.165) is 20.9 Å². The molecule has 0 aromatic carbocycles. The SMILES string of the molecule is CNC(=O)c1cc(-c2ccncc2)sc1-c1ccncc1. The normalized spacial score (nSPS) is 10.3. The summed E-state index contributed by atoms with van der Waals surface area (Å²) >= 11 is 1.59. The zero-order valence-electron chi connectivity index (χ0n) is 11.4. The Morgan fingerprint density at radius 3 is 2.14 bits per heavy atom. The molecule has 0 saturated carbocycles. The van der Waals surface area contributed by atoms with Crippen LogP contribution in [0.3, 0.4) is 0 Å². The Bertz CT molecular complexity index is 754. The van der Waals surface area contributed by atoms with E-state index in [4.69, 9.17) is 0 Å². The zero-order valence-corrected chi connectivity index (χ0v) is 12.2. The van der Waals surface area contributed by atoms with E-state index in [1.54, 1.807) is 43.2 Å². The number of carbonyl (C=O) groups is 1. The first-order valence-electron chi connectivity index (χ1n) is 6.46. The third-order valence-corrected chi connectivity index (χ3v) is 4.34. The van der Waals surface area contributed by atoms with Gasteiger partial charge >= 0.3 is 0 Å². The van der Waals surface area contributed by atoms with Gasteiger partial charge in [0.25, 0.3) is 5.91 Å². The van der Waals surface area contributed by atoms with Crippen LogP contribution in [0.25, 0.3) is 20.9 Å². The summed E-state index contributed by atoms with van der Waals surface area (Å²) in [6.45, 7) is 0. The first-order valence-corrected chi connectivity index (χ1v) is 7.28. The molecule has 0 atom stereocenters. The molecule has 3 aromatic rings. The molecule has 0 bridgehead atoms. The molecule has 0 fully saturated rings. The fourth-order valence-corrected chi connectivity index (χ4v) is 3.24. The van der Waals surface area contributed by atoms with E-state index < -0.39 is 0 Å². The molecule has 0 radical (unpaired) electrons. The van der Waals surface area contributed by atoms with E-state index >= 15 is 0 Å². The molecule has 1 amide bonds. The summed E-state index contributed by atoms with van der Waals surface area (Å²) in [4.78, 5) is 22.2. The summed E-state index contributed by atoms with van der Waals surface area (Å²) in [5.41, 5.74) is 2.73. The quantitative estimate of drug-likeness (QED) is 0.807. The van der Waals surface area contributed by atoms with Gasteiger partial charge in [0.1, 0.15) is 0 Å². The van der Waals surface area contributed by atoms with E-state index in [9.17, 15) is 4.79 Å². The highest BCUT2D eigenvalue weighted by Crippen LogP contribution is 2.37. The van der Waals surface area contributed by atoms with Gasteiger partial charge in [-0.1, -0.05) is 0 Å². The molecule has 104 valence electrons. The lowest BCUT2D eigenvalue weighted by Gasteiger charge is -2.01. The predicted octanol–water partition coefficient (Wildman–Crippen LogP) is 3.23. The van der Waals surface area contributed by atoms with Crippen LogP contribution in [0.1, 0.15) is 10.4 Å². The fourth-order valence-electron chi connectivity index (χ4n) is 2.07. The van der Waals surface area contributed by atoms with Gasteiger partial charge in [-0.2, -0.15) is 0 Å². The topological polar surface area (TPSA) is 54.9 Å². The van der Waals surface area contributed by atoms with Gasteiger partial charge in [-0.3, -0.25) is 14.8 Å². The van der Waals surface area contributed by atoms with E-state index in [-0.39, 0.29) is 5.91 Å². The summed E-state index contributed by atoms with van der Waals surface area (Å²) in [6.07, 6.45) is 6.96. The maximum absolute atomic E-state index is 12.1. The first kappa shape index (κ1) is 13.5. The van der Waals surface area contributed by atoms with Gasteiger partial charge in [0.05, 0.1) is 5.56 Å². The van der Waals surface area contributed by atoms with Crippen molar-refractivity contribution in [2.24, 2.45) is 0 Å². The Balaban J connectivity index is 2.14. The molecule has 0 unspecified atom stereocenters. The Morgan fingerprint density at radius 1 is 1.00 bits per heavy atom. The zero-order chi connectivity index (χ0) is 14.7. The standard InChI is InChI=1S/C16H13N3OS/c1-17-16(20)13-10-14(11-2-6-18-7-3-11)21-15(13)12-4-8-19-9-5-12/h2-10H,1H3,(H,17,20). The minimum Gasteiger partial charge on any atom is -0.355 e. The molecule has 5 heteroatoms. The Kier molecular flexibility index (Phi) is 3.75. The van der Waals surface area contributed by atoms with Crippen molar-refractivity contribution in [1.29, 1.82) is 0 Å². The van der Waals surface area contributed by atoms with Crippen molar-refractivity contribution in [3.8, 4) is 20.9 Å². The second-order valence-corrected chi connectivity index (χ2v) is 5.46. The van der Waals surface area contributed by atoms with Crippen LogP contribution in [0.4, 0.5) is 0 Å². The number of hydrogen-bond acceptors (Lipinski definition) is 4. The van der Waals surface area contributed by atoms with E-state index in [0.29, 0.717) is 5.56 Å². The Labute approximate surface area is 126 Å². The number of aromatic nitrogens is 2. The molecule has 4 nitrogen and oxygen atoms in total.